The van der Waals surface area contributed by atoms with E-state index in [1.54, 1.807) is 0 Å². The maximum Gasteiger partial charge on any atom is 0.260 e. The number of nitrogens with one attached hydrogen (secondary N) is 2. The van der Waals surface area contributed by atoms with Crippen LogP contribution in [0.1, 0.15) is 27.7 Å². The first-order valence-corrected chi connectivity index (χ1v) is 7.53. The molecule has 0 radical (unpaired) electrons. The molecule has 8 nitrogen and oxygen atoms in total. The number of imidazole rings is 1. The lowest BCUT2D eigenvalue weighted by Crippen LogP contribution is -2.51. The number of sulfonamides is 1. The molecule has 9 heteroatoms. The van der Waals surface area contributed by atoms with E-state index < -0.39 is 27.5 Å². The maximum atomic E-state index is 12.2. The maximum absolute atomic E-state index is 12.2. The van der Waals surface area contributed by atoms with Crippen LogP contribution in [0.3, 0.4) is 0 Å². The fraction of sp³-hybridized carbons (Fsp3) is 0.636. The number of aromatic nitrogens is 2. The molecular formula is C11H21N5O3S. The molecule has 1 unspecified atom stereocenters. The largest absolute Gasteiger partial charge is 0.381 e. The smallest absolute Gasteiger partial charge is 0.260 e. The van der Waals surface area contributed by atoms with Crippen molar-refractivity contribution in [1.29, 1.82) is 0 Å². The molecule has 0 aliphatic carbocycles. The number of nitrogens with two attached hydrogens (primary N) is 1. The molecule has 0 fully saturated rings. The number of hydrogen-bond donors (Lipinski definition) is 3. The summed E-state index contributed by atoms with van der Waals surface area (Å²) >= 11 is 0. The number of amides is 1. The number of carbonyl (C=O) groups is 1. The third-order valence-corrected chi connectivity index (χ3v) is 4.06. The van der Waals surface area contributed by atoms with E-state index in [4.69, 9.17) is 5.73 Å². The van der Waals surface area contributed by atoms with Gasteiger partial charge in [-0.15, -0.1) is 0 Å². The number of nitrogens with zero attached hydrogens (tertiary/aromatic N) is 2. The summed E-state index contributed by atoms with van der Waals surface area (Å²) in [7, 11) is -2.40. The van der Waals surface area contributed by atoms with Crippen LogP contribution >= 0.6 is 0 Å². The molecule has 0 aliphatic rings. The van der Waals surface area contributed by atoms with Crippen molar-refractivity contribution < 1.29 is 13.2 Å². The van der Waals surface area contributed by atoms with Crippen molar-refractivity contribution in [2.75, 3.05) is 5.73 Å². The molecule has 1 heterocycles. The zero-order chi connectivity index (χ0) is 15.7. The highest BCUT2D eigenvalue weighted by molar-refractivity contribution is 7.89. The number of anilines is 1. The molecule has 4 N–H and O–H groups in total. The van der Waals surface area contributed by atoms with Crippen LogP contribution < -0.4 is 15.8 Å². The van der Waals surface area contributed by atoms with Crippen molar-refractivity contribution in [3.05, 3.63) is 6.33 Å². The van der Waals surface area contributed by atoms with Crippen LogP contribution in [0.5, 0.6) is 0 Å². The normalized spacial score (nSPS) is 14.1. The Morgan fingerprint density at radius 3 is 2.40 bits per heavy atom. The zero-order valence-electron chi connectivity index (χ0n) is 12.3. The van der Waals surface area contributed by atoms with Gasteiger partial charge in [-0.2, -0.15) is 4.72 Å². The fourth-order valence-corrected chi connectivity index (χ4v) is 3.02. The fourth-order valence-electron chi connectivity index (χ4n) is 1.58. The highest BCUT2D eigenvalue weighted by atomic mass is 32.2. The first-order valence-electron chi connectivity index (χ1n) is 6.05. The van der Waals surface area contributed by atoms with Crippen molar-refractivity contribution >= 4 is 21.7 Å². The molecule has 0 bridgehead atoms. The van der Waals surface area contributed by atoms with Gasteiger partial charge < -0.3 is 15.6 Å². The molecule has 0 aliphatic heterocycles. The molecule has 1 aromatic heterocycles. The van der Waals surface area contributed by atoms with E-state index in [1.165, 1.54) is 24.9 Å². The van der Waals surface area contributed by atoms with Crippen molar-refractivity contribution in [2.24, 2.45) is 7.05 Å². The molecule has 0 saturated carbocycles. The first kappa shape index (κ1) is 16.4. The predicted molar refractivity (Wildman–Crippen MR) is 75.3 cm³/mol. The average molecular weight is 303 g/mol. The summed E-state index contributed by atoms with van der Waals surface area (Å²) in [6, 6.07) is -0.923. The second kappa shape index (κ2) is 5.41. The van der Waals surface area contributed by atoms with Gasteiger partial charge in [-0.3, -0.25) is 4.79 Å². The second-order valence-electron chi connectivity index (χ2n) is 5.63. The molecular weight excluding hydrogens is 282 g/mol. The van der Waals surface area contributed by atoms with Crippen LogP contribution in [0.4, 0.5) is 5.82 Å². The Labute approximate surface area is 118 Å². The number of nitrogen functional groups attached to an aromatic ring is 1. The van der Waals surface area contributed by atoms with Crippen LogP contribution in [0, 0.1) is 0 Å². The topological polar surface area (TPSA) is 119 Å². The number of aryl methyl sites for hydroxylation is 1. The lowest BCUT2D eigenvalue weighted by molar-refractivity contribution is -0.123. The number of rotatable bonds is 4. The van der Waals surface area contributed by atoms with Gasteiger partial charge in [0, 0.05) is 12.6 Å². The van der Waals surface area contributed by atoms with Gasteiger partial charge in [0.15, 0.2) is 10.8 Å². The Balaban J connectivity index is 2.90. The summed E-state index contributed by atoms with van der Waals surface area (Å²) in [5, 5.41) is 2.54. The van der Waals surface area contributed by atoms with Crippen molar-refractivity contribution in [1.82, 2.24) is 19.6 Å². The SMILES string of the molecule is CC(NS(=O)(=O)c1c(N)ncn1C)C(=O)NC(C)(C)C. The molecule has 1 rings (SSSR count). The van der Waals surface area contributed by atoms with Crippen LogP contribution in [-0.4, -0.2) is 35.5 Å². The average Bonchev–Trinajstić information content (AvgIpc) is 2.55. The van der Waals surface area contributed by atoms with Gasteiger partial charge >= 0.3 is 0 Å². The second-order valence-corrected chi connectivity index (χ2v) is 7.26. The Hall–Kier alpha value is -1.61. The summed E-state index contributed by atoms with van der Waals surface area (Å²) in [6.07, 6.45) is 1.30. The lowest BCUT2D eigenvalue weighted by Gasteiger charge is -2.23. The molecule has 114 valence electrons. The molecule has 0 saturated heterocycles. The van der Waals surface area contributed by atoms with E-state index in [0.29, 0.717) is 0 Å². The quantitative estimate of drug-likeness (QED) is 0.698. The lowest BCUT2D eigenvalue weighted by atomic mass is 10.1. The summed E-state index contributed by atoms with van der Waals surface area (Å²) < 4.78 is 27.9. The standard InChI is InChI=1S/C11H21N5O3S/c1-7(9(17)14-11(2,3)4)15-20(18,19)10-8(12)13-6-16(10)5/h6-7,15H,12H2,1-5H3,(H,14,17). The van der Waals surface area contributed by atoms with E-state index in [1.807, 2.05) is 20.8 Å². The van der Waals surface area contributed by atoms with Gasteiger partial charge in [0.2, 0.25) is 5.91 Å². The molecule has 1 aromatic rings. The van der Waals surface area contributed by atoms with Crippen molar-refractivity contribution in [2.45, 2.75) is 44.3 Å². The molecule has 0 spiro atoms. The Kier molecular flexibility index (Phi) is 4.45. The van der Waals surface area contributed by atoms with Gasteiger partial charge in [0.1, 0.15) is 0 Å². The third kappa shape index (κ3) is 3.94. The Morgan fingerprint density at radius 1 is 1.45 bits per heavy atom. The Bertz CT molecular complexity index is 581. The first-order chi connectivity index (χ1) is 8.94. The van der Waals surface area contributed by atoms with E-state index in [9.17, 15) is 13.2 Å². The molecule has 1 amide bonds. The van der Waals surface area contributed by atoms with E-state index in [0.717, 1.165) is 0 Å². The van der Waals surface area contributed by atoms with Crippen LogP contribution in [0.25, 0.3) is 0 Å². The third-order valence-electron chi connectivity index (χ3n) is 2.39. The summed E-state index contributed by atoms with van der Waals surface area (Å²) in [4.78, 5) is 15.6. The monoisotopic (exact) mass is 303 g/mol. The minimum atomic E-state index is -3.91. The highest BCUT2D eigenvalue weighted by Crippen LogP contribution is 2.15. The Morgan fingerprint density at radius 2 is 2.00 bits per heavy atom. The number of carbonyl (C=O) groups excluding carboxylic acids is 1. The number of hydrogen-bond acceptors (Lipinski definition) is 5. The molecule has 20 heavy (non-hydrogen) atoms. The molecule has 0 aromatic carbocycles. The van der Waals surface area contributed by atoms with Crippen molar-refractivity contribution in [3.63, 3.8) is 0 Å². The van der Waals surface area contributed by atoms with E-state index >= 15 is 0 Å². The van der Waals surface area contributed by atoms with E-state index in [2.05, 4.69) is 15.0 Å². The van der Waals surface area contributed by atoms with Crippen LogP contribution in [0.2, 0.25) is 0 Å². The van der Waals surface area contributed by atoms with Crippen LogP contribution in [0.15, 0.2) is 11.4 Å². The minimum absolute atomic E-state index is 0.108. The zero-order valence-corrected chi connectivity index (χ0v) is 13.1. The molecule has 1 atom stereocenters. The van der Waals surface area contributed by atoms with Gasteiger partial charge in [-0.25, -0.2) is 13.4 Å². The van der Waals surface area contributed by atoms with E-state index in [-0.39, 0.29) is 10.8 Å². The summed E-state index contributed by atoms with van der Waals surface area (Å²) in [5.41, 5.74) is 5.09. The van der Waals surface area contributed by atoms with Gasteiger partial charge in [0.05, 0.1) is 12.4 Å². The highest BCUT2D eigenvalue weighted by Gasteiger charge is 2.28. The van der Waals surface area contributed by atoms with Gasteiger partial charge in [-0.1, -0.05) is 0 Å². The predicted octanol–water partition coefficient (Wildman–Crippen LogP) is -0.416. The van der Waals surface area contributed by atoms with Gasteiger partial charge in [-0.05, 0) is 27.7 Å². The van der Waals surface area contributed by atoms with Crippen LogP contribution in [-0.2, 0) is 21.9 Å². The van der Waals surface area contributed by atoms with Gasteiger partial charge in [0.25, 0.3) is 10.0 Å². The minimum Gasteiger partial charge on any atom is -0.381 e. The summed E-state index contributed by atoms with van der Waals surface area (Å²) in [5.74, 6) is -0.523. The summed E-state index contributed by atoms with van der Waals surface area (Å²) in [6.45, 7) is 6.90. The van der Waals surface area contributed by atoms with Crippen molar-refractivity contribution in [3.8, 4) is 0 Å².